The third kappa shape index (κ3) is 3.70. The number of hydrogen-bond donors (Lipinski definition) is 1. The van der Waals surface area contributed by atoms with Crippen molar-refractivity contribution in [2.45, 2.75) is 39.0 Å². The molecule has 4 nitrogen and oxygen atoms in total. The Morgan fingerprint density at radius 1 is 1.24 bits per heavy atom. The molecule has 1 aromatic carbocycles. The van der Waals surface area contributed by atoms with Crippen LogP contribution in [0.2, 0.25) is 10.0 Å². The van der Waals surface area contributed by atoms with Gasteiger partial charge in [-0.25, -0.2) is 0 Å². The summed E-state index contributed by atoms with van der Waals surface area (Å²) in [6, 6.07) is 7.14. The van der Waals surface area contributed by atoms with Gasteiger partial charge in [0.15, 0.2) is 0 Å². The van der Waals surface area contributed by atoms with E-state index in [2.05, 4.69) is 5.10 Å². The summed E-state index contributed by atoms with van der Waals surface area (Å²) >= 11 is 12.1. The van der Waals surface area contributed by atoms with E-state index in [4.69, 9.17) is 27.9 Å². The topological polar surface area (TPSA) is 47.3 Å². The average molecular weight is 329 g/mol. The lowest BCUT2D eigenvalue weighted by Crippen LogP contribution is -2.25. The zero-order chi connectivity index (χ0) is 15.6. The Morgan fingerprint density at radius 3 is 2.57 bits per heavy atom. The molecule has 0 saturated carbocycles. The second-order valence-electron chi connectivity index (χ2n) is 5.14. The van der Waals surface area contributed by atoms with E-state index in [1.54, 1.807) is 35.9 Å². The molecule has 0 fully saturated rings. The zero-order valence-electron chi connectivity index (χ0n) is 12.1. The van der Waals surface area contributed by atoms with Crippen LogP contribution in [-0.2, 0) is 0 Å². The van der Waals surface area contributed by atoms with Crippen LogP contribution >= 0.6 is 23.2 Å². The van der Waals surface area contributed by atoms with Gasteiger partial charge in [-0.3, -0.25) is 4.68 Å². The number of hydrogen-bond acceptors (Lipinski definition) is 3. The van der Waals surface area contributed by atoms with Crippen LogP contribution in [0.5, 0.6) is 5.75 Å². The van der Waals surface area contributed by atoms with Crippen molar-refractivity contribution in [2.24, 2.45) is 0 Å². The molecule has 0 radical (unpaired) electrons. The largest absolute Gasteiger partial charge is 0.488 e. The van der Waals surface area contributed by atoms with E-state index in [1.165, 1.54) is 6.20 Å². The Balaban J connectivity index is 2.19. The van der Waals surface area contributed by atoms with Crippen LogP contribution in [0, 0.1) is 0 Å². The maximum Gasteiger partial charge on any atom is 0.134 e. The van der Waals surface area contributed by atoms with E-state index in [0.29, 0.717) is 21.5 Å². The van der Waals surface area contributed by atoms with Gasteiger partial charge in [-0.15, -0.1) is 0 Å². The Kier molecular flexibility index (Phi) is 5.14. The van der Waals surface area contributed by atoms with Gasteiger partial charge in [0.1, 0.15) is 18.0 Å². The average Bonchev–Trinajstić information content (AvgIpc) is 2.80. The number of benzene rings is 1. The van der Waals surface area contributed by atoms with Crippen molar-refractivity contribution in [1.29, 1.82) is 0 Å². The normalized spacial score (nSPS) is 14.2. The molecule has 0 saturated heterocycles. The zero-order valence-corrected chi connectivity index (χ0v) is 13.6. The third-order valence-corrected chi connectivity index (χ3v) is 3.65. The molecule has 2 aromatic rings. The maximum absolute atomic E-state index is 10.5. The molecule has 0 aliphatic heterocycles. The van der Waals surface area contributed by atoms with Gasteiger partial charge in [0.25, 0.3) is 0 Å². The first-order valence-corrected chi connectivity index (χ1v) is 7.49. The molecule has 1 N–H and O–H groups in total. The summed E-state index contributed by atoms with van der Waals surface area (Å²) in [5, 5.41) is 15.7. The molecular weight excluding hydrogens is 311 g/mol. The number of halogens is 2. The van der Waals surface area contributed by atoms with Crippen LogP contribution in [-0.4, -0.2) is 21.0 Å². The van der Waals surface area contributed by atoms with Crippen LogP contribution in [0.1, 0.15) is 38.6 Å². The Bertz CT molecular complexity index is 613. The Morgan fingerprint density at radius 2 is 1.95 bits per heavy atom. The molecule has 2 rings (SSSR count). The molecule has 0 aliphatic carbocycles. The fraction of sp³-hybridized carbons (Fsp3) is 0.400. The quantitative estimate of drug-likeness (QED) is 0.891. The van der Waals surface area contributed by atoms with E-state index >= 15 is 0 Å². The number of nitrogens with zero attached hydrogens (tertiary/aromatic N) is 2. The second-order valence-corrected chi connectivity index (χ2v) is 5.98. The minimum absolute atomic E-state index is 0.0977. The predicted molar refractivity (Wildman–Crippen MR) is 84.1 cm³/mol. The van der Waals surface area contributed by atoms with E-state index in [9.17, 15) is 5.11 Å². The molecule has 6 heteroatoms. The highest BCUT2D eigenvalue weighted by Crippen LogP contribution is 2.30. The Labute approximate surface area is 134 Å². The van der Waals surface area contributed by atoms with Gasteiger partial charge >= 0.3 is 0 Å². The molecule has 0 spiro atoms. The summed E-state index contributed by atoms with van der Waals surface area (Å²) in [5.41, 5.74) is 0.557. The number of ether oxygens (including phenoxy) is 1. The lowest BCUT2D eigenvalue weighted by Gasteiger charge is -2.23. The van der Waals surface area contributed by atoms with E-state index in [-0.39, 0.29) is 6.04 Å². The smallest absolute Gasteiger partial charge is 0.134 e. The van der Waals surface area contributed by atoms with Crippen molar-refractivity contribution in [3.63, 3.8) is 0 Å². The molecular formula is C15H18Cl2N2O2. The highest BCUT2D eigenvalue weighted by Gasteiger charge is 2.26. The lowest BCUT2D eigenvalue weighted by molar-refractivity contribution is 0.0399. The highest BCUT2D eigenvalue weighted by molar-refractivity contribution is 6.31. The van der Waals surface area contributed by atoms with Gasteiger partial charge < -0.3 is 9.84 Å². The first kappa shape index (κ1) is 16.1. The van der Waals surface area contributed by atoms with Crippen LogP contribution in [0.15, 0.2) is 30.5 Å². The summed E-state index contributed by atoms with van der Waals surface area (Å²) in [6.07, 6.45) is 0.156. The Hall–Kier alpha value is -1.23. The van der Waals surface area contributed by atoms with E-state index in [0.717, 1.165) is 0 Å². The van der Waals surface area contributed by atoms with Crippen molar-refractivity contribution in [2.75, 3.05) is 0 Å². The van der Waals surface area contributed by atoms with Gasteiger partial charge in [-0.1, -0.05) is 29.3 Å². The summed E-state index contributed by atoms with van der Waals surface area (Å²) < 4.78 is 7.44. The summed E-state index contributed by atoms with van der Waals surface area (Å²) in [5.74, 6) is 0.598. The van der Waals surface area contributed by atoms with Crippen molar-refractivity contribution in [1.82, 2.24) is 9.78 Å². The van der Waals surface area contributed by atoms with Gasteiger partial charge in [-0.05, 0) is 39.0 Å². The fourth-order valence-electron chi connectivity index (χ4n) is 2.08. The van der Waals surface area contributed by atoms with Gasteiger partial charge in [-0.2, -0.15) is 5.10 Å². The van der Waals surface area contributed by atoms with E-state index < -0.39 is 12.2 Å². The fourth-order valence-corrected chi connectivity index (χ4v) is 2.50. The molecule has 0 amide bonds. The standard InChI is InChI=1S/C15H18Cl2N2O2/c1-9(2)19-14(13(17)8-18-19)15(20)10(3)21-12-6-4-5-11(16)7-12/h4-10,15,20H,1-3H3. The van der Waals surface area contributed by atoms with E-state index in [1.807, 2.05) is 13.8 Å². The van der Waals surface area contributed by atoms with Gasteiger partial charge in [0.05, 0.1) is 16.9 Å². The summed E-state index contributed by atoms with van der Waals surface area (Å²) in [6.45, 7) is 5.73. The first-order chi connectivity index (χ1) is 9.90. The molecule has 0 aliphatic rings. The summed E-state index contributed by atoms with van der Waals surface area (Å²) in [7, 11) is 0. The number of aliphatic hydroxyl groups excluding tert-OH is 1. The van der Waals surface area contributed by atoms with Crippen LogP contribution in [0.3, 0.4) is 0 Å². The van der Waals surface area contributed by atoms with Crippen molar-refractivity contribution < 1.29 is 9.84 Å². The van der Waals surface area contributed by atoms with Crippen molar-refractivity contribution >= 4 is 23.2 Å². The van der Waals surface area contributed by atoms with Gasteiger partial charge in [0.2, 0.25) is 0 Å². The minimum Gasteiger partial charge on any atom is -0.488 e. The molecule has 1 aromatic heterocycles. The predicted octanol–water partition coefficient (Wildman–Crippen LogP) is 4.27. The molecule has 21 heavy (non-hydrogen) atoms. The van der Waals surface area contributed by atoms with Crippen LogP contribution in [0.4, 0.5) is 0 Å². The number of aromatic nitrogens is 2. The SMILES string of the molecule is CC(Oc1cccc(Cl)c1)C(O)c1c(Cl)cnn1C(C)C. The lowest BCUT2D eigenvalue weighted by atomic mass is 10.1. The molecule has 114 valence electrons. The van der Waals surface area contributed by atoms with Crippen LogP contribution < -0.4 is 4.74 Å². The van der Waals surface area contributed by atoms with Crippen molar-refractivity contribution in [3.8, 4) is 5.75 Å². The third-order valence-electron chi connectivity index (χ3n) is 3.12. The van der Waals surface area contributed by atoms with Crippen molar-refractivity contribution in [3.05, 3.63) is 46.2 Å². The molecule has 1 heterocycles. The second kappa shape index (κ2) is 6.69. The maximum atomic E-state index is 10.5. The minimum atomic E-state index is -0.888. The van der Waals surface area contributed by atoms with Gasteiger partial charge in [0, 0.05) is 11.1 Å². The number of aliphatic hydroxyl groups is 1. The molecule has 0 bridgehead atoms. The number of rotatable bonds is 5. The molecule has 2 unspecified atom stereocenters. The summed E-state index contributed by atoms with van der Waals surface area (Å²) in [4.78, 5) is 0. The van der Waals surface area contributed by atoms with Crippen LogP contribution in [0.25, 0.3) is 0 Å². The molecule has 2 atom stereocenters. The first-order valence-electron chi connectivity index (χ1n) is 6.73. The highest BCUT2D eigenvalue weighted by atomic mass is 35.5. The monoisotopic (exact) mass is 328 g/mol.